The van der Waals surface area contributed by atoms with Crippen molar-refractivity contribution in [2.24, 2.45) is 23.7 Å². The van der Waals surface area contributed by atoms with E-state index in [1.807, 2.05) is 13.8 Å². The van der Waals surface area contributed by atoms with Crippen LogP contribution in [-0.2, 0) is 0 Å². The fourth-order valence-electron chi connectivity index (χ4n) is 5.03. The first-order chi connectivity index (χ1) is 13.9. The summed E-state index contributed by atoms with van der Waals surface area (Å²) in [5.41, 5.74) is 0.578. The van der Waals surface area contributed by atoms with Gasteiger partial charge in [-0.25, -0.2) is 0 Å². The number of hydrogen-bond donors (Lipinski definition) is 0. The lowest BCUT2D eigenvalue weighted by Crippen LogP contribution is -2.27. The number of hydrogen-bond acceptors (Lipinski definition) is 2. The van der Waals surface area contributed by atoms with Crippen molar-refractivity contribution in [2.75, 3.05) is 6.61 Å². The van der Waals surface area contributed by atoms with Crippen LogP contribution in [-0.4, -0.2) is 12.7 Å². The number of halogens is 2. The molecule has 0 radical (unpaired) electrons. The largest absolute Gasteiger partial charge is 0.490 e. The lowest BCUT2D eigenvalue weighted by molar-refractivity contribution is 0.124. The fraction of sp³-hybridized carbons (Fsp3) is 0.760. The van der Waals surface area contributed by atoms with Crippen LogP contribution in [0.25, 0.3) is 0 Å². The van der Waals surface area contributed by atoms with Gasteiger partial charge in [0.1, 0.15) is 0 Å². The van der Waals surface area contributed by atoms with Crippen molar-refractivity contribution >= 4 is 0 Å². The molecule has 0 amide bonds. The molecule has 0 heterocycles. The van der Waals surface area contributed by atoms with E-state index in [0.717, 1.165) is 37.0 Å². The van der Waals surface area contributed by atoms with E-state index in [1.54, 1.807) is 13.0 Å². The number of benzene rings is 1. The molecule has 1 aromatic carbocycles. The van der Waals surface area contributed by atoms with Gasteiger partial charge in [0.05, 0.1) is 12.7 Å². The SMILES string of the molecule is CCC(C)Oc1c(C)cc(OCC2CCC(C3CCC(C)CC3)CC2)c(F)c1F. The first kappa shape index (κ1) is 22.4. The van der Waals surface area contributed by atoms with Gasteiger partial charge in [-0.1, -0.05) is 26.7 Å². The second-order valence-electron chi connectivity index (χ2n) is 9.60. The van der Waals surface area contributed by atoms with Gasteiger partial charge in [-0.15, -0.1) is 0 Å². The fourth-order valence-corrected chi connectivity index (χ4v) is 5.03. The van der Waals surface area contributed by atoms with Crippen LogP contribution in [0.2, 0.25) is 0 Å². The molecule has 0 spiro atoms. The van der Waals surface area contributed by atoms with Crippen molar-refractivity contribution in [3.63, 3.8) is 0 Å². The summed E-state index contributed by atoms with van der Waals surface area (Å²) in [5, 5.41) is 0. The maximum atomic E-state index is 14.5. The molecule has 4 heteroatoms. The van der Waals surface area contributed by atoms with Gasteiger partial charge in [-0.2, -0.15) is 8.78 Å². The smallest absolute Gasteiger partial charge is 0.204 e. The van der Waals surface area contributed by atoms with E-state index in [0.29, 0.717) is 18.1 Å². The first-order valence-corrected chi connectivity index (χ1v) is 11.7. The van der Waals surface area contributed by atoms with Gasteiger partial charge in [-0.3, -0.25) is 0 Å². The minimum absolute atomic E-state index is 0.00603. The minimum atomic E-state index is -0.935. The Kier molecular flexibility index (Phi) is 7.81. The molecule has 0 bridgehead atoms. The number of ether oxygens (including phenoxy) is 2. The van der Waals surface area contributed by atoms with Crippen LogP contribution in [0.3, 0.4) is 0 Å². The number of aryl methyl sites for hydroxylation is 1. The third-order valence-corrected chi connectivity index (χ3v) is 7.30. The molecule has 2 aliphatic carbocycles. The highest BCUT2D eigenvalue weighted by Gasteiger charge is 2.30. The highest BCUT2D eigenvalue weighted by Crippen LogP contribution is 2.41. The molecule has 3 rings (SSSR count). The predicted molar refractivity (Wildman–Crippen MR) is 114 cm³/mol. The Morgan fingerprint density at radius 3 is 2.14 bits per heavy atom. The Morgan fingerprint density at radius 2 is 1.55 bits per heavy atom. The molecule has 1 unspecified atom stereocenters. The topological polar surface area (TPSA) is 18.5 Å². The van der Waals surface area contributed by atoms with Gasteiger partial charge in [0, 0.05) is 0 Å². The maximum absolute atomic E-state index is 14.5. The average molecular weight is 409 g/mol. The Labute approximate surface area is 175 Å². The van der Waals surface area contributed by atoms with Crippen LogP contribution in [0, 0.1) is 42.2 Å². The molecular weight excluding hydrogens is 370 g/mol. The summed E-state index contributed by atoms with van der Waals surface area (Å²) in [4.78, 5) is 0. The first-order valence-electron chi connectivity index (χ1n) is 11.7. The van der Waals surface area contributed by atoms with E-state index in [2.05, 4.69) is 6.92 Å². The molecule has 0 aliphatic heterocycles. The molecular formula is C25H38F2O2. The number of rotatable bonds is 7. The third-order valence-electron chi connectivity index (χ3n) is 7.30. The summed E-state index contributed by atoms with van der Waals surface area (Å²) < 4.78 is 40.3. The standard InChI is InChI=1S/C25H38F2O2/c1-5-18(4)29-25-17(3)14-22(23(26)24(25)27)28-15-19-8-12-21(13-9-19)20-10-6-16(2)7-11-20/h14,16,18-21H,5-13,15H2,1-4H3. The van der Waals surface area contributed by atoms with Crippen molar-refractivity contribution in [2.45, 2.75) is 91.6 Å². The van der Waals surface area contributed by atoms with Gasteiger partial charge in [-0.05, 0) is 94.1 Å². The van der Waals surface area contributed by atoms with Crippen LogP contribution in [0.5, 0.6) is 11.5 Å². The van der Waals surface area contributed by atoms with E-state index in [9.17, 15) is 8.78 Å². The Bertz CT molecular complexity index is 659. The van der Waals surface area contributed by atoms with Crippen LogP contribution in [0.1, 0.15) is 84.1 Å². The second kappa shape index (κ2) is 10.1. The summed E-state index contributed by atoms with van der Waals surface area (Å²) >= 11 is 0. The summed E-state index contributed by atoms with van der Waals surface area (Å²) in [5.74, 6) is 1.25. The normalized spacial score (nSPS) is 28.8. The molecule has 0 saturated heterocycles. The molecule has 2 aliphatic rings. The van der Waals surface area contributed by atoms with Gasteiger partial charge in [0.15, 0.2) is 11.5 Å². The summed E-state index contributed by atoms with van der Waals surface area (Å²) in [6.07, 6.45) is 10.9. The molecule has 0 aromatic heterocycles. The van der Waals surface area contributed by atoms with E-state index in [1.165, 1.54) is 38.5 Å². The molecule has 2 nitrogen and oxygen atoms in total. The molecule has 2 fully saturated rings. The highest BCUT2D eigenvalue weighted by molar-refractivity contribution is 5.42. The Hall–Kier alpha value is -1.32. The monoisotopic (exact) mass is 408 g/mol. The summed E-state index contributed by atoms with van der Waals surface area (Å²) in [6, 6.07) is 1.57. The van der Waals surface area contributed by atoms with Crippen molar-refractivity contribution in [1.82, 2.24) is 0 Å². The third kappa shape index (κ3) is 5.64. The minimum Gasteiger partial charge on any atom is -0.490 e. The van der Waals surface area contributed by atoms with E-state index >= 15 is 0 Å². The van der Waals surface area contributed by atoms with Crippen LogP contribution in [0.15, 0.2) is 6.07 Å². The average Bonchev–Trinajstić information content (AvgIpc) is 2.73. The molecule has 1 atom stereocenters. The lowest BCUT2D eigenvalue weighted by Gasteiger charge is -2.37. The molecule has 2 saturated carbocycles. The maximum Gasteiger partial charge on any atom is 0.204 e. The van der Waals surface area contributed by atoms with Gasteiger partial charge in [0.25, 0.3) is 0 Å². The molecule has 29 heavy (non-hydrogen) atoms. The van der Waals surface area contributed by atoms with Crippen molar-refractivity contribution in [1.29, 1.82) is 0 Å². The zero-order valence-corrected chi connectivity index (χ0v) is 18.6. The lowest BCUT2D eigenvalue weighted by atomic mass is 9.69. The van der Waals surface area contributed by atoms with E-state index in [-0.39, 0.29) is 17.6 Å². The molecule has 1 aromatic rings. The zero-order chi connectivity index (χ0) is 21.0. The van der Waals surface area contributed by atoms with Crippen molar-refractivity contribution in [3.8, 4) is 11.5 Å². The van der Waals surface area contributed by atoms with Crippen LogP contribution in [0.4, 0.5) is 8.78 Å². The van der Waals surface area contributed by atoms with Crippen LogP contribution >= 0.6 is 0 Å². The predicted octanol–water partition coefficient (Wildman–Crippen LogP) is 7.46. The Morgan fingerprint density at radius 1 is 0.966 bits per heavy atom. The quantitative estimate of drug-likeness (QED) is 0.466. The Balaban J connectivity index is 1.52. The van der Waals surface area contributed by atoms with Gasteiger partial charge in [0.2, 0.25) is 11.6 Å². The van der Waals surface area contributed by atoms with Crippen molar-refractivity contribution < 1.29 is 18.3 Å². The summed E-state index contributed by atoms with van der Waals surface area (Å²) in [7, 11) is 0. The van der Waals surface area contributed by atoms with Crippen molar-refractivity contribution in [3.05, 3.63) is 23.3 Å². The van der Waals surface area contributed by atoms with E-state index in [4.69, 9.17) is 9.47 Å². The second-order valence-corrected chi connectivity index (χ2v) is 9.60. The van der Waals surface area contributed by atoms with Crippen LogP contribution < -0.4 is 9.47 Å². The van der Waals surface area contributed by atoms with Gasteiger partial charge < -0.3 is 9.47 Å². The van der Waals surface area contributed by atoms with Gasteiger partial charge >= 0.3 is 0 Å². The molecule has 0 N–H and O–H groups in total. The highest BCUT2D eigenvalue weighted by atomic mass is 19.2. The molecule has 164 valence electrons. The zero-order valence-electron chi connectivity index (χ0n) is 18.6. The van der Waals surface area contributed by atoms with E-state index < -0.39 is 11.6 Å². The summed E-state index contributed by atoms with van der Waals surface area (Å²) in [6.45, 7) is 8.39.